The van der Waals surface area contributed by atoms with E-state index in [2.05, 4.69) is 20.6 Å². The van der Waals surface area contributed by atoms with Crippen molar-refractivity contribution < 1.29 is 18.1 Å². The molecule has 106 valence electrons. The van der Waals surface area contributed by atoms with Crippen molar-refractivity contribution in [2.75, 3.05) is 24.2 Å². The number of nitrogens with one attached hydrogen (secondary N) is 2. The summed E-state index contributed by atoms with van der Waals surface area (Å²) in [5, 5.41) is 15.8. The summed E-state index contributed by atoms with van der Waals surface area (Å²) in [6, 6.07) is 0. The first-order chi connectivity index (χ1) is 8.83. The van der Waals surface area contributed by atoms with Crippen molar-refractivity contribution in [3.8, 4) is 0 Å². The smallest absolute Gasteiger partial charge is 0.364 e. The molecule has 1 aromatic rings. The van der Waals surface area contributed by atoms with Gasteiger partial charge in [0.2, 0.25) is 11.8 Å². The molecule has 0 aliphatic rings. The zero-order valence-corrected chi connectivity index (χ0v) is 9.99. The molecule has 2 N–H and O–H groups in total. The lowest BCUT2D eigenvalue weighted by Crippen LogP contribution is -2.13. The highest BCUT2D eigenvalue weighted by atomic mass is 19.4. The maximum atomic E-state index is 11.9. The van der Waals surface area contributed by atoms with E-state index >= 15 is 0 Å². The van der Waals surface area contributed by atoms with Crippen molar-refractivity contribution in [2.24, 2.45) is 0 Å². The molecule has 7 nitrogen and oxygen atoms in total. The Bertz CT molecular complexity index is 452. The van der Waals surface area contributed by atoms with Crippen molar-refractivity contribution in [2.45, 2.75) is 19.0 Å². The first kappa shape index (κ1) is 14.9. The maximum Gasteiger partial charge on any atom is 0.389 e. The van der Waals surface area contributed by atoms with Crippen molar-refractivity contribution in [1.29, 1.82) is 0 Å². The van der Waals surface area contributed by atoms with Crippen LogP contribution in [0.5, 0.6) is 0 Å². The largest absolute Gasteiger partial charge is 0.389 e. The molecule has 0 saturated carbocycles. The fourth-order valence-corrected chi connectivity index (χ4v) is 1.26. The number of nitro groups is 1. The molecule has 1 rings (SSSR count). The highest BCUT2D eigenvalue weighted by Gasteiger charge is 2.26. The normalized spacial score (nSPS) is 11.2. The second-order valence-electron chi connectivity index (χ2n) is 3.58. The molecule has 0 unspecified atom stereocenters. The number of hydrogen-bond donors (Lipinski definition) is 2. The third-order valence-electron chi connectivity index (χ3n) is 2.12. The van der Waals surface area contributed by atoms with Crippen LogP contribution in [0.2, 0.25) is 0 Å². The summed E-state index contributed by atoms with van der Waals surface area (Å²) in [5.74, 6) is 0.0374. The molecule has 0 atom stereocenters. The van der Waals surface area contributed by atoms with Crippen LogP contribution >= 0.6 is 0 Å². The third kappa shape index (κ3) is 4.94. The first-order valence-electron chi connectivity index (χ1n) is 5.33. The Labute approximate surface area is 106 Å². The molecule has 0 amide bonds. The van der Waals surface area contributed by atoms with Crippen LogP contribution in [0, 0.1) is 10.1 Å². The van der Waals surface area contributed by atoms with Crippen molar-refractivity contribution in [3.63, 3.8) is 0 Å². The van der Waals surface area contributed by atoms with Crippen LogP contribution in [-0.2, 0) is 0 Å². The number of aromatic nitrogens is 2. The van der Waals surface area contributed by atoms with Gasteiger partial charge in [-0.1, -0.05) is 0 Å². The molecule has 0 fully saturated rings. The second kappa shape index (κ2) is 6.16. The number of anilines is 2. The van der Waals surface area contributed by atoms with Crippen LogP contribution in [0.4, 0.5) is 30.6 Å². The molecule has 0 aliphatic carbocycles. The van der Waals surface area contributed by atoms with E-state index in [1.165, 1.54) is 7.05 Å². The molecule has 1 heterocycles. The van der Waals surface area contributed by atoms with E-state index < -0.39 is 17.5 Å². The molecule has 0 radical (unpaired) electrons. The zero-order valence-electron chi connectivity index (χ0n) is 9.99. The molecular formula is C9H12F3N5O2. The number of hydrogen-bond acceptors (Lipinski definition) is 6. The van der Waals surface area contributed by atoms with E-state index in [9.17, 15) is 23.3 Å². The van der Waals surface area contributed by atoms with E-state index in [0.717, 1.165) is 6.20 Å². The summed E-state index contributed by atoms with van der Waals surface area (Å²) < 4.78 is 35.8. The van der Waals surface area contributed by atoms with Gasteiger partial charge in [-0.3, -0.25) is 10.1 Å². The highest BCUT2D eigenvalue weighted by Crippen LogP contribution is 2.23. The van der Waals surface area contributed by atoms with Gasteiger partial charge >= 0.3 is 11.9 Å². The van der Waals surface area contributed by atoms with Crippen LogP contribution in [0.3, 0.4) is 0 Å². The lowest BCUT2D eigenvalue weighted by molar-refractivity contribution is -0.384. The Balaban J connectivity index is 2.67. The minimum atomic E-state index is -4.24. The van der Waals surface area contributed by atoms with Gasteiger partial charge in [0.25, 0.3) is 0 Å². The average molecular weight is 279 g/mol. The molecule has 19 heavy (non-hydrogen) atoms. The van der Waals surface area contributed by atoms with E-state index in [0.29, 0.717) is 0 Å². The monoisotopic (exact) mass is 279 g/mol. The zero-order chi connectivity index (χ0) is 14.5. The van der Waals surface area contributed by atoms with Crippen LogP contribution in [0.1, 0.15) is 12.8 Å². The molecule has 0 spiro atoms. The Morgan fingerprint density at radius 2 is 2.16 bits per heavy atom. The number of nitrogens with zero attached hydrogens (tertiary/aromatic N) is 3. The lowest BCUT2D eigenvalue weighted by atomic mass is 10.3. The van der Waals surface area contributed by atoms with E-state index in [1.54, 1.807) is 0 Å². The first-order valence-corrected chi connectivity index (χ1v) is 5.33. The summed E-state index contributed by atoms with van der Waals surface area (Å²) in [7, 11) is 1.52. The van der Waals surface area contributed by atoms with Gasteiger partial charge < -0.3 is 10.6 Å². The van der Waals surface area contributed by atoms with Crippen LogP contribution in [0.15, 0.2) is 6.20 Å². The van der Waals surface area contributed by atoms with E-state index in [1.807, 2.05) is 0 Å². The van der Waals surface area contributed by atoms with Gasteiger partial charge in [-0.2, -0.15) is 18.2 Å². The predicted molar refractivity (Wildman–Crippen MR) is 62.0 cm³/mol. The van der Waals surface area contributed by atoms with Gasteiger partial charge in [0.05, 0.1) is 4.92 Å². The Hall–Kier alpha value is -2.13. The summed E-state index contributed by atoms with van der Waals surface area (Å²) >= 11 is 0. The minimum absolute atomic E-state index is 0.0689. The molecule has 0 aliphatic heterocycles. The molecule has 0 bridgehead atoms. The van der Waals surface area contributed by atoms with Gasteiger partial charge in [0, 0.05) is 20.0 Å². The van der Waals surface area contributed by atoms with Gasteiger partial charge in [0.1, 0.15) is 6.20 Å². The molecular weight excluding hydrogens is 267 g/mol. The van der Waals surface area contributed by atoms with Crippen LogP contribution in [0.25, 0.3) is 0 Å². The molecule has 0 saturated heterocycles. The SMILES string of the molecule is CNc1ncc([N+](=O)[O-])c(NCCCC(F)(F)F)n1. The van der Waals surface area contributed by atoms with Crippen molar-refractivity contribution in [1.82, 2.24) is 9.97 Å². The quantitative estimate of drug-likeness (QED) is 0.471. The summed E-state index contributed by atoms with van der Waals surface area (Å²) in [6.45, 7) is -0.0689. The lowest BCUT2D eigenvalue weighted by Gasteiger charge is -2.08. The number of alkyl halides is 3. The van der Waals surface area contributed by atoms with Gasteiger partial charge in [-0.15, -0.1) is 0 Å². The molecule has 1 aromatic heterocycles. The fourth-order valence-electron chi connectivity index (χ4n) is 1.26. The standard InChI is InChI=1S/C9H12F3N5O2/c1-13-8-15-5-6(17(18)19)7(16-8)14-4-2-3-9(10,11)12/h5H,2-4H2,1H3,(H2,13,14,15,16). The predicted octanol–water partition coefficient (Wildman–Crippen LogP) is 2.18. The van der Waals surface area contributed by atoms with Crippen LogP contribution in [-0.4, -0.2) is 34.7 Å². The summed E-state index contributed by atoms with van der Waals surface area (Å²) in [6.07, 6.45) is -4.41. The van der Waals surface area contributed by atoms with Gasteiger partial charge in [0.15, 0.2) is 0 Å². The third-order valence-corrected chi connectivity index (χ3v) is 2.12. The topological polar surface area (TPSA) is 93.0 Å². The van der Waals surface area contributed by atoms with Crippen molar-refractivity contribution >= 4 is 17.5 Å². The number of rotatable bonds is 6. The average Bonchev–Trinajstić information content (AvgIpc) is 2.33. The van der Waals surface area contributed by atoms with E-state index in [4.69, 9.17) is 0 Å². The minimum Gasteiger partial charge on any atom is -0.364 e. The summed E-state index contributed by atoms with van der Waals surface area (Å²) in [5.41, 5.74) is -0.383. The Morgan fingerprint density at radius 1 is 1.47 bits per heavy atom. The van der Waals surface area contributed by atoms with Gasteiger partial charge in [-0.05, 0) is 6.42 Å². The Kier molecular flexibility index (Phi) is 4.84. The maximum absolute atomic E-state index is 11.9. The van der Waals surface area contributed by atoms with Gasteiger partial charge in [-0.25, -0.2) is 4.98 Å². The molecule has 10 heteroatoms. The number of halogens is 3. The molecule has 0 aromatic carbocycles. The Morgan fingerprint density at radius 3 is 2.68 bits per heavy atom. The summed E-state index contributed by atoms with van der Waals surface area (Å²) in [4.78, 5) is 17.4. The van der Waals surface area contributed by atoms with E-state index in [-0.39, 0.29) is 30.4 Å². The fraction of sp³-hybridized carbons (Fsp3) is 0.556. The second-order valence-corrected chi connectivity index (χ2v) is 3.58. The van der Waals surface area contributed by atoms with Crippen molar-refractivity contribution in [3.05, 3.63) is 16.3 Å². The highest BCUT2D eigenvalue weighted by molar-refractivity contribution is 5.56. The van der Waals surface area contributed by atoms with Crippen LogP contribution < -0.4 is 10.6 Å².